The Morgan fingerprint density at radius 3 is 2.74 bits per heavy atom. The van der Waals surface area contributed by atoms with Gasteiger partial charge in [0.15, 0.2) is 11.6 Å². The second-order valence-corrected chi connectivity index (χ2v) is 4.86. The highest BCUT2D eigenvalue weighted by Crippen LogP contribution is 2.24. The maximum absolute atomic E-state index is 13.6. The van der Waals surface area contributed by atoms with Crippen LogP contribution in [0.5, 0.6) is 5.75 Å². The lowest BCUT2D eigenvalue weighted by molar-refractivity contribution is 0.289. The maximum Gasteiger partial charge on any atom is 0.165 e. The third-order valence-electron chi connectivity index (χ3n) is 3.06. The first-order chi connectivity index (χ1) is 9.11. The molecule has 100 valence electrons. The number of aryl methyl sites for hydroxylation is 2. The summed E-state index contributed by atoms with van der Waals surface area (Å²) in [5.41, 5.74) is 3.01. The van der Waals surface area contributed by atoms with Gasteiger partial charge in [-0.25, -0.2) is 4.39 Å². The summed E-state index contributed by atoms with van der Waals surface area (Å²) in [5, 5.41) is 0.660. The van der Waals surface area contributed by atoms with Crippen LogP contribution >= 0.6 is 11.6 Å². The Morgan fingerprint density at radius 2 is 2.00 bits per heavy atom. The van der Waals surface area contributed by atoms with Crippen LogP contribution in [0, 0.1) is 12.7 Å². The van der Waals surface area contributed by atoms with Crippen LogP contribution in [0.2, 0.25) is 5.02 Å². The van der Waals surface area contributed by atoms with Gasteiger partial charge in [0, 0.05) is 10.6 Å². The van der Waals surface area contributed by atoms with Gasteiger partial charge in [0.05, 0.1) is 0 Å². The van der Waals surface area contributed by atoms with E-state index in [2.05, 4.69) is 6.92 Å². The number of hydrogen-bond acceptors (Lipinski definition) is 1. The Balaban J connectivity index is 2.21. The molecule has 0 fully saturated rings. The molecule has 0 aliphatic heterocycles. The Bertz CT molecular complexity index is 581. The first kappa shape index (κ1) is 13.9. The number of rotatable bonds is 4. The van der Waals surface area contributed by atoms with E-state index in [1.54, 1.807) is 12.1 Å². The predicted molar refractivity (Wildman–Crippen MR) is 76.3 cm³/mol. The first-order valence-corrected chi connectivity index (χ1v) is 6.64. The topological polar surface area (TPSA) is 9.23 Å². The summed E-state index contributed by atoms with van der Waals surface area (Å²) in [6.07, 6.45) is 0.871. The highest BCUT2D eigenvalue weighted by Gasteiger charge is 2.09. The summed E-state index contributed by atoms with van der Waals surface area (Å²) in [5.74, 6) is -0.0855. The molecule has 0 heterocycles. The molecule has 0 aliphatic rings. The van der Waals surface area contributed by atoms with Crippen molar-refractivity contribution in [3.8, 4) is 5.75 Å². The Kier molecular flexibility index (Phi) is 4.43. The normalized spacial score (nSPS) is 10.5. The summed E-state index contributed by atoms with van der Waals surface area (Å²) in [7, 11) is 0. The minimum Gasteiger partial charge on any atom is -0.486 e. The molecule has 2 aromatic rings. The Labute approximate surface area is 118 Å². The number of hydrogen-bond donors (Lipinski definition) is 0. The molecule has 0 atom stereocenters. The molecule has 2 aromatic carbocycles. The first-order valence-electron chi connectivity index (χ1n) is 6.27. The zero-order valence-electron chi connectivity index (χ0n) is 11.0. The molecule has 3 heteroatoms. The summed E-state index contributed by atoms with van der Waals surface area (Å²) in [4.78, 5) is 0. The lowest BCUT2D eigenvalue weighted by atomic mass is 10.1. The third-order valence-corrected chi connectivity index (χ3v) is 3.41. The van der Waals surface area contributed by atoms with Crippen molar-refractivity contribution >= 4 is 11.6 Å². The van der Waals surface area contributed by atoms with E-state index in [1.807, 2.05) is 25.1 Å². The van der Waals surface area contributed by atoms with Gasteiger partial charge in [-0.3, -0.25) is 0 Å². The third kappa shape index (κ3) is 3.27. The smallest absolute Gasteiger partial charge is 0.165 e. The highest BCUT2D eigenvalue weighted by molar-refractivity contribution is 6.31. The van der Waals surface area contributed by atoms with E-state index in [9.17, 15) is 4.39 Å². The van der Waals surface area contributed by atoms with E-state index < -0.39 is 0 Å². The largest absolute Gasteiger partial charge is 0.486 e. The van der Waals surface area contributed by atoms with Crippen LogP contribution in [0.25, 0.3) is 0 Å². The lowest BCUT2D eigenvalue weighted by Crippen LogP contribution is -2.02. The van der Waals surface area contributed by atoms with Gasteiger partial charge in [-0.05, 0) is 42.7 Å². The SMILES string of the molecule is CCc1cccc(Cl)c1COc1cc(C)ccc1F. The van der Waals surface area contributed by atoms with Crippen LogP contribution in [-0.2, 0) is 13.0 Å². The quantitative estimate of drug-likeness (QED) is 0.770. The summed E-state index contributed by atoms with van der Waals surface area (Å²) < 4.78 is 19.2. The molecule has 2 rings (SSSR count). The Morgan fingerprint density at radius 1 is 1.21 bits per heavy atom. The van der Waals surface area contributed by atoms with Crippen molar-refractivity contribution in [3.05, 3.63) is 63.9 Å². The van der Waals surface area contributed by atoms with Crippen LogP contribution in [0.4, 0.5) is 4.39 Å². The molecular weight excluding hydrogens is 263 g/mol. The molecule has 0 amide bonds. The van der Waals surface area contributed by atoms with Gasteiger partial charge >= 0.3 is 0 Å². The van der Waals surface area contributed by atoms with Crippen LogP contribution < -0.4 is 4.74 Å². The van der Waals surface area contributed by atoms with Crippen molar-refractivity contribution in [1.29, 1.82) is 0 Å². The average molecular weight is 279 g/mol. The molecule has 0 aromatic heterocycles. The summed E-state index contributed by atoms with van der Waals surface area (Å²) >= 11 is 6.17. The van der Waals surface area contributed by atoms with E-state index >= 15 is 0 Å². The molecule has 0 N–H and O–H groups in total. The second kappa shape index (κ2) is 6.07. The van der Waals surface area contributed by atoms with Gasteiger partial charge in [0.2, 0.25) is 0 Å². The van der Waals surface area contributed by atoms with E-state index in [4.69, 9.17) is 16.3 Å². The van der Waals surface area contributed by atoms with Crippen molar-refractivity contribution in [2.24, 2.45) is 0 Å². The van der Waals surface area contributed by atoms with Crippen molar-refractivity contribution in [1.82, 2.24) is 0 Å². The van der Waals surface area contributed by atoms with Gasteiger partial charge in [0.25, 0.3) is 0 Å². The van der Waals surface area contributed by atoms with Crippen LogP contribution in [-0.4, -0.2) is 0 Å². The van der Waals surface area contributed by atoms with Crippen molar-refractivity contribution in [2.45, 2.75) is 26.9 Å². The summed E-state index contributed by atoms with van der Waals surface area (Å²) in [6, 6.07) is 10.6. The monoisotopic (exact) mass is 278 g/mol. The average Bonchev–Trinajstić information content (AvgIpc) is 2.40. The number of ether oxygens (including phenoxy) is 1. The second-order valence-electron chi connectivity index (χ2n) is 4.45. The molecule has 0 spiro atoms. The van der Waals surface area contributed by atoms with Gasteiger partial charge in [-0.15, -0.1) is 0 Å². The molecule has 0 saturated carbocycles. The molecular formula is C16H16ClFO. The summed E-state index contributed by atoms with van der Waals surface area (Å²) in [6.45, 7) is 4.24. The highest BCUT2D eigenvalue weighted by atomic mass is 35.5. The van der Waals surface area contributed by atoms with Crippen molar-refractivity contribution in [3.63, 3.8) is 0 Å². The van der Waals surface area contributed by atoms with E-state index in [-0.39, 0.29) is 18.2 Å². The molecule has 1 nitrogen and oxygen atoms in total. The van der Waals surface area contributed by atoms with Crippen molar-refractivity contribution in [2.75, 3.05) is 0 Å². The van der Waals surface area contributed by atoms with Crippen LogP contribution in [0.15, 0.2) is 36.4 Å². The van der Waals surface area contributed by atoms with E-state index in [0.717, 1.165) is 23.1 Å². The number of benzene rings is 2. The Hall–Kier alpha value is -1.54. The van der Waals surface area contributed by atoms with E-state index in [0.29, 0.717) is 5.02 Å². The minimum absolute atomic E-state index is 0.266. The molecule has 0 aliphatic carbocycles. The fourth-order valence-corrected chi connectivity index (χ4v) is 2.22. The van der Waals surface area contributed by atoms with E-state index in [1.165, 1.54) is 6.07 Å². The van der Waals surface area contributed by atoms with Gasteiger partial charge in [-0.2, -0.15) is 0 Å². The molecule has 19 heavy (non-hydrogen) atoms. The standard InChI is InChI=1S/C16H16ClFO/c1-3-12-5-4-6-14(17)13(12)10-19-16-9-11(2)7-8-15(16)18/h4-9H,3,10H2,1-2H3. The maximum atomic E-state index is 13.6. The minimum atomic E-state index is -0.351. The zero-order chi connectivity index (χ0) is 13.8. The zero-order valence-corrected chi connectivity index (χ0v) is 11.8. The molecule has 0 bridgehead atoms. The fourth-order valence-electron chi connectivity index (χ4n) is 1.97. The predicted octanol–water partition coefficient (Wildman–Crippen LogP) is 4.93. The molecule has 0 unspecified atom stereocenters. The number of halogens is 2. The molecule has 0 saturated heterocycles. The fraction of sp³-hybridized carbons (Fsp3) is 0.250. The lowest BCUT2D eigenvalue weighted by Gasteiger charge is -2.12. The van der Waals surface area contributed by atoms with Crippen LogP contribution in [0.3, 0.4) is 0 Å². The molecule has 0 radical (unpaired) electrons. The van der Waals surface area contributed by atoms with Gasteiger partial charge in [-0.1, -0.05) is 36.7 Å². The van der Waals surface area contributed by atoms with Crippen LogP contribution in [0.1, 0.15) is 23.6 Å². The van der Waals surface area contributed by atoms with Gasteiger partial charge in [0.1, 0.15) is 6.61 Å². The van der Waals surface area contributed by atoms with Gasteiger partial charge < -0.3 is 4.74 Å². The van der Waals surface area contributed by atoms with Crippen molar-refractivity contribution < 1.29 is 9.13 Å².